The highest BCUT2D eigenvalue weighted by Gasteiger charge is 1.99. The highest BCUT2D eigenvalue weighted by Crippen LogP contribution is 2.22. The molecule has 3 N–H and O–H groups in total. The van der Waals surface area contributed by atoms with Crippen molar-refractivity contribution in [2.24, 2.45) is 0 Å². The zero-order chi connectivity index (χ0) is 13.0. The highest BCUT2D eigenvalue weighted by molar-refractivity contribution is 5.59. The summed E-state index contributed by atoms with van der Waals surface area (Å²) in [5, 5.41) is 3.34. The SMILES string of the molecule is COc1cc(N)cc(NCc2cccc(C)c2)c1. The van der Waals surface area contributed by atoms with E-state index in [9.17, 15) is 0 Å². The summed E-state index contributed by atoms with van der Waals surface area (Å²) in [5.41, 5.74) is 9.98. The van der Waals surface area contributed by atoms with Crippen LogP contribution in [-0.4, -0.2) is 7.11 Å². The van der Waals surface area contributed by atoms with Gasteiger partial charge in [-0.25, -0.2) is 0 Å². The molecule has 0 bridgehead atoms. The smallest absolute Gasteiger partial charge is 0.122 e. The normalized spacial score (nSPS) is 10.1. The standard InChI is InChI=1S/C15H18N2O/c1-11-4-3-5-12(6-11)10-17-14-7-13(16)8-15(9-14)18-2/h3-9,17H,10,16H2,1-2H3. The summed E-state index contributed by atoms with van der Waals surface area (Å²) in [5.74, 6) is 0.766. The number of anilines is 2. The Morgan fingerprint density at radius 2 is 2.00 bits per heavy atom. The van der Waals surface area contributed by atoms with E-state index in [1.807, 2.05) is 12.1 Å². The van der Waals surface area contributed by atoms with E-state index in [1.54, 1.807) is 13.2 Å². The summed E-state index contributed by atoms with van der Waals surface area (Å²) in [6.45, 7) is 2.86. The Morgan fingerprint density at radius 1 is 1.17 bits per heavy atom. The van der Waals surface area contributed by atoms with Crippen LogP contribution in [-0.2, 0) is 6.54 Å². The van der Waals surface area contributed by atoms with Crippen LogP contribution >= 0.6 is 0 Å². The lowest BCUT2D eigenvalue weighted by Crippen LogP contribution is -2.00. The van der Waals surface area contributed by atoms with Crippen LogP contribution < -0.4 is 15.8 Å². The summed E-state index contributed by atoms with van der Waals surface area (Å²) >= 11 is 0. The van der Waals surface area contributed by atoms with E-state index in [0.29, 0.717) is 5.69 Å². The summed E-state index contributed by atoms with van der Waals surface area (Å²) in [6.07, 6.45) is 0. The molecular formula is C15H18N2O. The number of aryl methyl sites for hydroxylation is 1. The van der Waals surface area contributed by atoms with Crippen LogP contribution in [0.3, 0.4) is 0 Å². The summed E-state index contributed by atoms with van der Waals surface area (Å²) in [7, 11) is 1.64. The zero-order valence-electron chi connectivity index (χ0n) is 10.7. The Balaban J connectivity index is 2.08. The molecule has 0 unspecified atom stereocenters. The van der Waals surface area contributed by atoms with Crippen LogP contribution in [0.4, 0.5) is 11.4 Å². The summed E-state index contributed by atoms with van der Waals surface area (Å²) in [6, 6.07) is 14.1. The molecule has 3 nitrogen and oxygen atoms in total. The Hall–Kier alpha value is -2.16. The fourth-order valence-electron chi connectivity index (χ4n) is 1.87. The number of hydrogen-bond acceptors (Lipinski definition) is 3. The van der Waals surface area contributed by atoms with Gasteiger partial charge >= 0.3 is 0 Å². The van der Waals surface area contributed by atoms with E-state index >= 15 is 0 Å². The lowest BCUT2D eigenvalue weighted by atomic mass is 10.1. The molecule has 18 heavy (non-hydrogen) atoms. The first-order valence-electron chi connectivity index (χ1n) is 5.91. The molecule has 0 saturated heterocycles. The van der Waals surface area contributed by atoms with Gasteiger partial charge in [-0.15, -0.1) is 0 Å². The van der Waals surface area contributed by atoms with E-state index in [2.05, 4.69) is 36.5 Å². The van der Waals surface area contributed by atoms with Gasteiger partial charge in [0.2, 0.25) is 0 Å². The first-order valence-corrected chi connectivity index (χ1v) is 5.91. The van der Waals surface area contributed by atoms with Crippen molar-refractivity contribution in [1.29, 1.82) is 0 Å². The summed E-state index contributed by atoms with van der Waals surface area (Å²) in [4.78, 5) is 0. The molecule has 0 amide bonds. The molecule has 3 heteroatoms. The first kappa shape index (κ1) is 12.3. The maximum atomic E-state index is 5.81. The van der Waals surface area contributed by atoms with Gasteiger partial charge in [0.15, 0.2) is 0 Å². The van der Waals surface area contributed by atoms with Crippen LogP contribution in [0.5, 0.6) is 5.75 Å². The fourth-order valence-corrected chi connectivity index (χ4v) is 1.87. The maximum Gasteiger partial charge on any atom is 0.122 e. The Kier molecular flexibility index (Phi) is 3.72. The second-order valence-corrected chi connectivity index (χ2v) is 4.34. The van der Waals surface area contributed by atoms with E-state index in [0.717, 1.165) is 18.0 Å². The van der Waals surface area contributed by atoms with Crippen LogP contribution in [0.25, 0.3) is 0 Å². The van der Waals surface area contributed by atoms with Crippen LogP contribution in [0.1, 0.15) is 11.1 Å². The highest BCUT2D eigenvalue weighted by atomic mass is 16.5. The number of hydrogen-bond donors (Lipinski definition) is 2. The lowest BCUT2D eigenvalue weighted by molar-refractivity contribution is 0.415. The molecular weight excluding hydrogens is 224 g/mol. The van der Waals surface area contributed by atoms with Gasteiger partial charge in [0.25, 0.3) is 0 Å². The van der Waals surface area contributed by atoms with Gasteiger partial charge in [0.05, 0.1) is 7.11 Å². The minimum absolute atomic E-state index is 0.695. The molecule has 0 radical (unpaired) electrons. The average molecular weight is 242 g/mol. The zero-order valence-corrected chi connectivity index (χ0v) is 10.7. The van der Waals surface area contributed by atoms with Gasteiger partial charge in [-0.2, -0.15) is 0 Å². The molecule has 2 aromatic carbocycles. The molecule has 0 atom stereocenters. The van der Waals surface area contributed by atoms with Gasteiger partial charge in [0, 0.05) is 30.1 Å². The Labute approximate surface area is 108 Å². The minimum Gasteiger partial charge on any atom is -0.497 e. The Morgan fingerprint density at radius 3 is 2.72 bits per heavy atom. The number of benzene rings is 2. The van der Waals surface area contributed by atoms with Crippen molar-refractivity contribution < 1.29 is 4.74 Å². The van der Waals surface area contributed by atoms with E-state index in [4.69, 9.17) is 10.5 Å². The first-order chi connectivity index (χ1) is 8.67. The van der Waals surface area contributed by atoms with E-state index in [1.165, 1.54) is 11.1 Å². The van der Waals surface area contributed by atoms with Gasteiger partial charge in [0.1, 0.15) is 5.75 Å². The van der Waals surface area contributed by atoms with Crippen LogP contribution in [0, 0.1) is 6.92 Å². The van der Waals surface area contributed by atoms with Crippen molar-refractivity contribution in [3.05, 3.63) is 53.6 Å². The van der Waals surface area contributed by atoms with E-state index < -0.39 is 0 Å². The molecule has 0 fully saturated rings. The fraction of sp³-hybridized carbons (Fsp3) is 0.200. The largest absolute Gasteiger partial charge is 0.497 e. The van der Waals surface area contributed by atoms with Crippen molar-refractivity contribution in [2.45, 2.75) is 13.5 Å². The predicted octanol–water partition coefficient (Wildman–Crippen LogP) is 3.20. The molecule has 0 heterocycles. The quantitative estimate of drug-likeness (QED) is 0.809. The maximum absolute atomic E-state index is 5.81. The van der Waals surface area contributed by atoms with Crippen molar-refractivity contribution >= 4 is 11.4 Å². The number of methoxy groups -OCH3 is 1. The van der Waals surface area contributed by atoms with Gasteiger partial charge in [-0.1, -0.05) is 29.8 Å². The monoisotopic (exact) mass is 242 g/mol. The van der Waals surface area contributed by atoms with Crippen molar-refractivity contribution in [3.63, 3.8) is 0 Å². The molecule has 94 valence electrons. The molecule has 0 aliphatic carbocycles. The van der Waals surface area contributed by atoms with Gasteiger partial charge in [-0.05, 0) is 18.6 Å². The third-order valence-electron chi connectivity index (χ3n) is 2.74. The molecule has 2 aromatic rings. The third kappa shape index (κ3) is 3.17. The van der Waals surface area contributed by atoms with E-state index in [-0.39, 0.29) is 0 Å². The second kappa shape index (κ2) is 5.45. The van der Waals surface area contributed by atoms with Crippen LogP contribution in [0.2, 0.25) is 0 Å². The molecule has 0 saturated carbocycles. The number of rotatable bonds is 4. The lowest BCUT2D eigenvalue weighted by Gasteiger charge is -2.10. The third-order valence-corrected chi connectivity index (χ3v) is 2.74. The minimum atomic E-state index is 0.695. The van der Waals surface area contributed by atoms with Crippen molar-refractivity contribution in [3.8, 4) is 5.75 Å². The van der Waals surface area contributed by atoms with Crippen LogP contribution in [0.15, 0.2) is 42.5 Å². The molecule has 2 rings (SSSR count). The number of nitrogen functional groups attached to an aromatic ring is 1. The molecule has 0 aromatic heterocycles. The van der Waals surface area contributed by atoms with Crippen molar-refractivity contribution in [2.75, 3.05) is 18.2 Å². The predicted molar refractivity (Wildman–Crippen MR) is 75.9 cm³/mol. The summed E-state index contributed by atoms with van der Waals surface area (Å²) < 4.78 is 5.19. The molecule has 0 aliphatic heterocycles. The van der Waals surface area contributed by atoms with Gasteiger partial charge in [-0.3, -0.25) is 0 Å². The topological polar surface area (TPSA) is 47.3 Å². The number of ether oxygens (including phenoxy) is 1. The number of nitrogens with one attached hydrogen (secondary N) is 1. The van der Waals surface area contributed by atoms with Crippen molar-refractivity contribution in [1.82, 2.24) is 0 Å². The van der Waals surface area contributed by atoms with Gasteiger partial charge < -0.3 is 15.8 Å². The Bertz CT molecular complexity index is 538. The molecule has 0 aliphatic rings. The average Bonchev–Trinajstić information content (AvgIpc) is 2.36. The second-order valence-electron chi connectivity index (χ2n) is 4.34. The number of nitrogens with two attached hydrogens (primary N) is 1. The molecule has 0 spiro atoms.